The Morgan fingerprint density at radius 3 is 2.75 bits per heavy atom. The number of hydrogen-bond acceptors (Lipinski definition) is 4. The van der Waals surface area contributed by atoms with Crippen molar-refractivity contribution in [2.45, 2.75) is 32.4 Å². The zero-order chi connectivity index (χ0) is 21.5. The monoisotopic (exact) mass is 470 g/mol. The standard InChI is InChI=1S/C24H23ClN4O2.ClH/c1-15-10-22(28-9-5-8-20(28)24(26)30)27-29(15)14-18-12-19(25)11-17-13-21(31-23(17)18)16-6-3-2-4-7-16;/h2-4,6-7,10-13,20H,5,8-9,14H2,1H3,(H2,26,30);1H/t20-;/m0./s1. The van der Waals surface area contributed by atoms with Gasteiger partial charge in [0.2, 0.25) is 5.91 Å². The maximum atomic E-state index is 11.8. The number of benzene rings is 2. The molecule has 32 heavy (non-hydrogen) atoms. The van der Waals surface area contributed by atoms with Gasteiger partial charge in [-0.2, -0.15) is 5.10 Å². The molecule has 0 saturated carbocycles. The number of amides is 1. The number of carbonyl (C=O) groups is 1. The van der Waals surface area contributed by atoms with Gasteiger partial charge < -0.3 is 15.1 Å². The van der Waals surface area contributed by atoms with E-state index in [9.17, 15) is 4.79 Å². The molecular formula is C24H24Cl2N4O2. The lowest BCUT2D eigenvalue weighted by Crippen LogP contribution is -2.40. The van der Waals surface area contributed by atoms with Crippen LogP contribution < -0.4 is 10.6 Å². The topological polar surface area (TPSA) is 77.3 Å². The predicted octanol–water partition coefficient (Wildman–Crippen LogP) is 5.18. The lowest BCUT2D eigenvalue weighted by atomic mass is 10.1. The molecule has 3 heterocycles. The molecule has 1 aliphatic heterocycles. The van der Waals surface area contributed by atoms with Gasteiger partial charge in [-0.15, -0.1) is 12.4 Å². The van der Waals surface area contributed by atoms with Crippen molar-refractivity contribution in [1.29, 1.82) is 0 Å². The molecule has 8 heteroatoms. The van der Waals surface area contributed by atoms with Crippen molar-refractivity contribution >= 4 is 46.7 Å². The smallest absolute Gasteiger partial charge is 0.240 e. The van der Waals surface area contributed by atoms with Gasteiger partial charge in [-0.3, -0.25) is 9.48 Å². The maximum absolute atomic E-state index is 11.8. The molecule has 1 amide bonds. The van der Waals surface area contributed by atoms with E-state index in [-0.39, 0.29) is 24.4 Å². The molecule has 1 aliphatic rings. The number of fused-ring (bicyclic) bond motifs is 1. The van der Waals surface area contributed by atoms with Crippen molar-refractivity contribution in [3.05, 3.63) is 70.9 Å². The number of furan rings is 1. The Hall–Kier alpha value is -2.96. The van der Waals surface area contributed by atoms with Crippen molar-refractivity contribution in [2.24, 2.45) is 5.73 Å². The van der Waals surface area contributed by atoms with Crippen molar-refractivity contribution in [3.8, 4) is 11.3 Å². The number of nitrogens with zero attached hydrogens (tertiary/aromatic N) is 3. The van der Waals surface area contributed by atoms with Crippen molar-refractivity contribution in [1.82, 2.24) is 9.78 Å². The first-order valence-electron chi connectivity index (χ1n) is 10.4. The van der Waals surface area contributed by atoms with E-state index in [4.69, 9.17) is 26.9 Å². The summed E-state index contributed by atoms with van der Waals surface area (Å²) in [7, 11) is 0. The lowest BCUT2D eigenvalue weighted by molar-refractivity contribution is -0.119. The highest BCUT2D eigenvalue weighted by Gasteiger charge is 2.31. The Kier molecular flexibility index (Phi) is 6.17. The molecule has 1 atom stereocenters. The predicted molar refractivity (Wildman–Crippen MR) is 130 cm³/mol. The fourth-order valence-corrected chi connectivity index (χ4v) is 4.59. The average Bonchev–Trinajstić information content (AvgIpc) is 3.47. The fourth-order valence-electron chi connectivity index (χ4n) is 4.34. The third-order valence-electron chi connectivity index (χ3n) is 5.88. The highest BCUT2D eigenvalue weighted by atomic mass is 35.5. The summed E-state index contributed by atoms with van der Waals surface area (Å²) in [6.45, 7) is 3.30. The van der Waals surface area contributed by atoms with Crippen molar-refractivity contribution in [2.75, 3.05) is 11.4 Å². The molecule has 0 bridgehead atoms. The van der Waals surface area contributed by atoms with Gasteiger partial charge in [0.15, 0.2) is 5.82 Å². The van der Waals surface area contributed by atoms with E-state index in [0.29, 0.717) is 11.6 Å². The SMILES string of the molecule is Cc1cc(N2CCC[C@H]2C(N)=O)nn1Cc1cc(Cl)cc2cc(-c3ccccc3)oc12.Cl. The minimum absolute atomic E-state index is 0. The summed E-state index contributed by atoms with van der Waals surface area (Å²) in [4.78, 5) is 13.8. The Bertz CT molecular complexity index is 1270. The molecule has 1 saturated heterocycles. The summed E-state index contributed by atoms with van der Waals surface area (Å²) in [5, 5.41) is 6.38. The largest absolute Gasteiger partial charge is 0.456 e. The number of primary amides is 1. The molecule has 4 aromatic rings. The molecule has 6 nitrogen and oxygen atoms in total. The first-order valence-corrected chi connectivity index (χ1v) is 10.8. The van der Waals surface area contributed by atoms with E-state index >= 15 is 0 Å². The number of nitrogens with two attached hydrogens (primary N) is 1. The van der Waals surface area contributed by atoms with Crippen molar-refractivity contribution in [3.63, 3.8) is 0 Å². The number of aromatic nitrogens is 2. The van der Waals surface area contributed by atoms with Crippen LogP contribution in [-0.4, -0.2) is 28.3 Å². The maximum Gasteiger partial charge on any atom is 0.240 e. The highest BCUT2D eigenvalue weighted by molar-refractivity contribution is 6.31. The summed E-state index contributed by atoms with van der Waals surface area (Å²) in [5.41, 5.74) is 9.35. The van der Waals surface area contributed by atoms with E-state index < -0.39 is 0 Å². The van der Waals surface area contributed by atoms with Crippen LogP contribution in [0.2, 0.25) is 5.02 Å². The van der Waals surface area contributed by atoms with Crippen LogP contribution in [0.1, 0.15) is 24.1 Å². The second kappa shape index (κ2) is 8.88. The van der Waals surface area contributed by atoms with Gasteiger partial charge in [-0.1, -0.05) is 41.9 Å². The Labute approximate surface area is 197 Å². The number of halogens is 2. The number of anilines is 1. The molecule has 0 aliphatic carbocycles. The van der Waals surface area contributed by atoms with E-state index in [1.807, 2.05) is 71.1 Å². The Morgan fingerprint density at radius 2 is 2.00 bits per heavy atom. The van der Waals surface area contributed by atoms with E-state index in [2.05, 4.69) is 0 Å². The Balaban J connectivity index is 0.00000245. The van der Waals surface area contributed by atoms with Crippen LogP contribution in [0.4, 0.5) is 5.82 Å². The molecule has 1 fully saturated rings. The Morgan fingerprint density at radius 1 is 1.22 bits per heavy atom. The van der Waals surface area contributed by atoms with Crippen molar-refractivity contribution < 1.29 is 9.21 Å². The number of hydrogen-bond donors (Lipinski definition) is 1. The average molecular weight is 471 g/mol. The molecule has 5 rings (SSSR count). The molecule has 2 aromatic heterocycles. The molecule has 2 aromatic carbocycles. The third-order valence-corrected chi connectivity index (χ3v) is 6.10. The van der Waals surface area contributed by atoms with Gasteiger partial charge in [0.25, 0.3) is 0 Å². The quantitative estimate of drug-likeness (QED) is 0.435. The van der Waals surface area contributed by atoms with Crippen LogP contribution in [0.3, 0.4) is 0 Å². The summed E-state index contributed by atoms with van der Waals surface area (Å²) in [6.07, 6.45) is 1.70. The van der Waals surface area contributed by atoms with E-state index in [0.717, 1.165) is 58.8 Å². The van der Waals surface area contributed by atoms with Crippen LogP contribution >= 0.6 is 24.0 Å². The molecule has 0 unspecified atom stereocenters. The fraction of sp³-hybridized carbons (Fsp3) is 0.250. The summed E-state index contributed by atoms with van der Waals surface area (Å²) in [6, 6.07) is 17.6. The zero-order valence-corrected chi connectivity index (χ0v) is 19.2. The number of carbonyl (C=O) groups excluding carboxylic acids is 1. The van der Waals surface area contributed by atoms with Gasteiger partial charge in [-0.25, -0.2) is 0 Å². The van der Waals surface area contributed by atoms with E-state index in [1.165, 1.54) is 0 Å². The second-order valence-corrected chi connectivity index (χ2v) is 8.45. The van der Waals surface area contributed by atoms with Crippen LogP contribution in [0.25, 0.3) is 22.3 Å². The second-order valence-electron chi connectivity index (χ2n) is 8.02. The van der Waals surface area contributed by atoms with Gasteiger partial charge in [0.05, 0.1) is 6.54 Å². The van der Waals surface area contributed by atoms with Gasteiger partial charge in [-0.05, 0) is 38.0 Å². The van der Waals surface area contributed by atoms with Crippen LogP contribution in [0, 0.1) is 6.92 Å². The van der Waals surface area contributed by atoms with Crippen LogP contribution in [0.5, 0.6) is 0 Å². The zero-order valence-electron chi connectivity index (χ0n) is 17.6. The first kappa shape index (κ1) is 22.2. The minimum Gasteiger partial charge on any atom is -0.456 e. The number of rotatable bonds is 5. The third kappa shape index (κ3) is 4.08. The normalized spacial score (nSPS) is 15.8. The molecular weight excluding hydrogens is 447 g/mol. The summed E-state index contributed by atoms with van der Waals surface area (Å²) < 4.78 is 8.15. The van der Waals surface area contributed by atoms with Crippen LogP contribution in [0.15, 0.2) is 59.0 Å². The highest BCUT2D eigenvalue weighted by Crippen LogP contribution is 2.33. The molecule has 2 N–H and O–H groups in total. The molecule has 0 spiro atoms. The number of aryl methyl sites for hydroxylation is 1. The lowest BCUT2D eigenvalue weighted by Gasteiger charge is -2.21. The minimum atomic E-state index is -0.301. The summed E-state index contributed by atoms with van der Waals surface area (Å²) in [5.74, 6) is 1.28. The summed E-state index contributed by atoms with van der Waals surface area (Å²) >= 11 is 6.42. The molecule has 0 radical (unpaired) electrons. The first-order chi connectivity index (χ1) is 15.0. The van der Waals surface area contributed by atoms with Gasteiger partial charge in [0.1, 0.15) is 17.4 Å². The van der Waals surface area contributed by atoms with Crippen LogP contribution in [-0.2, 0) is 11.3 Å². The van der Waals surface area contributed by atoms with Gasteiger partial charge >= 0.3 is 0 Å². The molecule has 166 valence electrons. The van der Waals surface area contributed by atoms with Gasteiger partial charge in [0, 0.05) is 39.8 Å². The van der Waals surface area contributed by atoms with E-state index in [1.54, 1.807) is 0 Å².